The van der Waals surface area contributed by atoms with Gasteiger partial charge >= 0.3 is 11.9 Å². The van der Waals surface area contributed by atoms with E-state index in [0.717, 1.165) is 12.3 Å². The molecular formula is C25H30O12. The second-order valence-electron chi connectivity index (χ2n) is 9.40. The van der Waals surface area contributed by atoms with Crippen LogP contribution in [0, 0.1) is 17.8 Å². The maximum atomic E-state index is 12.5. The molecule has 0 radical (unpaired) electrons. The Bertz CT molecular complexity index is 1040. The number of aliphatic hydroxyl groups is 4. The molecule has 2 heterocycles. The number of carbonyl (C=O) groups excluding carboxylic acids is 1. The number of carbonyl (C=O) groups is 2. The molecule has 10 atom stereocenters. The number of carboxylic acids is 1. The number of esters is 1. The molecule has 1 aromatic rings. The van der Waals surface area contributed by atoms with Crippen LogP contribution in [0.4, 0.5) is 0 Å². The number of fused-ring (bicyclic) bond motifs is 1. The number of hydrogen-bond acceptors (Lipinski definition) is 11. The third kappa shape index (κ3) is 5.64. The van der Waals surface area contributed by atoms with Crippen LogP contribution in [0.5, 0.6) is 5.75 Å². The fraction of sp³-hybridized carbons (Fsp3) is 0.520. The molecule has 12 nitrogen and oxygen atoms in total. The van der Waals surface area contributed by atoms with Crippen molar-refractivity contribution in [2.24, 2.45) is 17.8 Å². The average Bonchev–Trinajstić information content (AvgIpc) is 3.17. The zero-order chi connectivity index (χ0) is 26.9. The Morgan fingerprint density at radius 3 is 2.46 bits per heavy atom. The highest BCUT2D eigenvalue weighted by atomic mass is 16.8. The average molecular weight is 523 g/mol. The van der Waals surface area contributed by atoms with Gasteiger partial charge in [-0.3, -0.25) is 0 Å². The van der Waals surface area contributed by atoms with E-state index in [-0.39, 0.29) is 17.7 Å². The maximum Gasteiger partial charge on any atom is 0.334 e. The van der Waals surface area contributed by atoms with E-state index in [1.807, 2.05) is 0 Å². The number of aliphatic carboxylic acids is 1. The van der Waals surface area contributed by atoms with E-state index in [4.69, 9.17) is 18.9 Å². The first-order chi connectivity index (χ1) is 17.6. The summed E-state index contributed by atoms with van der Waals surface area (Å²) >= 11 is 0. The lowest BCUT2D eigenvalue weighted by Crippen LogP contribution is -2.61. The van der Waals surface area contributed by atoms with Gasteiger partial charge in [-0.1, -0.05) is 19.1 Å². The summed E-state index contributed by atoms with van der Waals surface area (Å²) < 4.78 is 22.4. The molecule has 0 aromatic heterocycles. The van der Waals surface area contributed by atoms with Crippen molar-refractivity contribution < 1.29 is 59.2 Å². The van der Waals surface area contributed by atoms with Crippen molar-refractivity contribution in [1.82, 2.24) is 0 Å². The molecule has 1 saturated carbocycles. The Morgan fingerprint density at radius 1 is 1.11 bits per heavy atom. The SMILES string of the molecule is C[C@@H]1[C@H]2[C@H](O[C@@H]3O[C@H](CO)[C@@H](O)[C@H](O)[C@H]3OC(=O)C=Cc3ccc(O)cc3)OC=C(C(=O)O)[C@H]2C[C@@H]1O. The second-order valence-corrected chi connectivity index (χ2v) is 9.40. The van der Waals surface area contributed by atoms with Crippen LogP contribution in [0.2, 0.25) is 0 Å². The molecule has 3 aliphatic rings. The van der Waals surface area contributed by atoms with Gasteiger partial charge in [0.2, 0.25) is 12.6 Å². The van der Waals surface area contributed by atoms with E-state index in [9.17, 15) is 40.2 Å². The fourth-order valence-corrected chi connectivity index (χ4v) is 5.02. The standard InChI is InChI=1S/C25H30O12/c1-11-16(28)8-14-15(23(32)33)10-34-24(19(11)14)37-25-22(21(31)20(30)17(9-26)35-25)36-18(29)7-4-12-2-5-13(27)6-3-12/h2-7,10-11,14,16-17,19-22,24-28,30-31H,8-9H2,1H3,(H,32,33)/t11-,14+,16-,17+,19+,20+,21-,22+,24-,25-/m0/s1. The van der Waals surface area contributed by atoms with Crippen LogP contribution in [-0.4, -0.2) is 92.3 Å². The summed E-state index contributed by atoms with van der Waals surface area (Å²) in [6.45, 7) is 1.05. The summed E-state index contributed by atoms with van der Waals surface area (Å²) in [5.41, 5.74) is 0.573. The van der Waals surface area contributed by atoms with Gasteiger partial charge in [0.05, 0.1) is 24.5 Å². The molecular weight excluding hydrogens is 492 g/mol. The third-order valence-corrected chi connectivity index (χ3v) is 7.11. The Labute approximate surface area is 212 Å². The van der Waals surface area contributed by atoms with Crippen molar-refractivity contribution >= 4 is 18.0 Å². The molecule has 4 rings (SSSR count). The van der Waals surface area contributed by atoms with Crippen molar-refractivity contribution in [2.45, 2.75) is 56.4 Å². The van der Waals surface area contributed by atoms with Crippen molar-refractivity contribution in [3.8, 4) is 5.75 Å². The van der Waals surface area contributed by atoms with Crippen molar-refractivity contribution in [3.05, 3.63) is 47.7 Å². The highest BCUT2D eigenvalue weighted by molar-refractivity contribution is 5.87. The molecule has 37 heavy (non-hydrogen) atoms. The highest BCUT2D eigenvalue weighted by Crippen LogP contribution is 2.47. The first-order valence-corrected chi connectivity index (χ1v) is 11.8. The number of ether oxygens (including phenoxy) is 4. The first-order valence-electron chi connectivity index (χ1n) is 11.8. The molecule has 2 fully saturated rings. The van der Waals surface area contributed by atoms with Crippen LogP contribution >= 0.6 is 0 Å². The number of rotatable bonds is 7. The highest BCUT2D eigenvalue weighted by Gasteiger charge is 2.54. The fourth-order valence-electron chi connectivity index (χ4n) is 5.02. The summed E-state index contributed by atoms with van der Waals surface area (Å²) in [5, 5.41) is 59.9. The second kappa shape index (κ2) is 11.2. The van der Waals surface area contributed by atoms with Crippen LogP contribution in [0.3, 0.4) is 0 Å². The Balaban J connectivity index is 1.54. The predicted molar refractivity (Wildman–Crippen MR) is 123 cm³/mol. The molecule has 2 aliphatic heterocycles. The van der Waals surface area contributed by atoms with Gasteiger partial charge in [0.1, 0.15) is 24.1 Å². The third-order valence-electron chi connectivity index (χ3n) is 7.11. The number of aliphatic hydroxyl groups excluding tert-OH is 4. The Hall–Kier alpha value is -3.00. The molecule has 0 amide bonds. The van der Waals surface area contributed by atoms with Gasteiger partial charge in [0.15, 0.2) is 6.10 Å². The minimum atomic E-state index is -1.70. The topological polar surface area (TPSA) is 192 Å². The van der Waals surface area contributed by atoms with Crippen LogP contribution in [0.15, 0.2) is 42.2 Å². The molecule has 0 unspecified atom stereocenters. The smallest absolute Gasteiger partial charge is 0.334 e. The lowest BCUT2D eigenvalue weighted by Gasteiger charge is -2.44. The molecule has 0 bridgehead atoms. The lowest BCUT2D eigenvalue weighted by atomic mass is 9.83. The molecule has 1 aromatic carbocycles. The number of carboxylic acid groups (broad SMARTS) is 1. The zero-order valence-corrected chi connectivity index (χ0v) is 19.9. The summed E-state index contributed by atoms with van der Waals surface area (Å²) in [5.74, 6) is -3.63. The monoisotopic (exact) mass is 522 g/mol. The van der Waals surface area contributed by atoms with E-state index < -0.39 is 79.4 Å². The molecule has 6 N–H and O–H groups in total. The summed E-state index contributed by atoms with van der Waals surface area (Å²) in [6, 6.07) is 5.99. The number of benzene rings is 1. The first kappa shape index (κ1) is 27.0. The number of phenols is 1. The van der Waals surface area contributed by atoms with Gasteiger partial charge in [0.25, 0.3) is 0 Å². The minimum absolute atomic E-state index is 0.0103. The number of hydrogen-bond donors (Lipinski definition) is 6. The van der Waals surface area contributed by atoms with Crippen LogP contribution < -0.4 is 0 Å². The van der Waals surface area contributed by atoms with E-state index in [1.54, 1.807) is 19.1 Å². The van der Waals surface area contributed by atoms with Gasteiger partial charge in [-0.25, -0.2) is 9.59 Å². The van der Waals surface area contributed by atoms with Gasteiger partial charge < -0.3 is 49.6 Å². The quantitative estimate of drug-likeness (QED) is 0.203. The van der Waals surface area contributed by atoms with E-state index in [1.165, 1.54) is 18.2 Å². The van der Waals surface area contributed by atoms with Gasteiger partial charge in [0, 0.05) is 17.9 Å². The summed E-state index contributed by atoms with van der Waals surface area (Å²) in [4.78, 5) is 24.2. The van der Waals surface area contributed by atoms with Crippen molar-refractivity contribution in [2.75, 3.05) is 6.61 Å². The van der Waals surface area contributed by atoms with Crippen LogP contribution in [0.1, 0.15) is 18.9 Å². The Kier molecular flexibility index (Phi) is 8.17. The van der Waals surface area contributed by atoms with Gasteiger partial charge in [-0.15, -0.1) is 0 Å². The normalized spacial score (nSPS) is 37.5. The summed E-state index contributed by atoms with van der Waals surface area (Å²) in [7, 11) is 0. The number of aromatic hydroxyl groups is 1. The molecule has 202 valence electrons. The van der Waals surface area contributed by atoms with Crippen molar-refractivity contribution in [3.63, 3.8) is 0 Å². The molecule has 0 spiro atoms. The van der Waals surface area contributed by atoms with Crippen LogP contribution in [-0.2, 0) is 28.5 Å². The molecule has 1 aliphatic carbocycles. The van der Waals surface area contributed by atoms with E-state index >= 15 is 0 Å². The van der Waals surface area contributed by atoms with Gasteiger partial charge in [-0.2, -0.15) is 0 Å². The van der Waals surface area contributed by atoms with E-state index in [2.05, 4.69) is 0 Å². The minimum Gasteiger partial charge on any atom is -0.508 e. The summed E-state index contributed by atoms with van der Waals surface area (Å²) in [6.07, 6.45) is -5.85. The van der Waals surface area contributed by atoms with Gasteiger partial charge in [-0.05, 0) is 36.1 Å². The van der Waals surface area contributed by atoms with Crippen molar-refractivity contribution in [1.29, 1.82) is 0 Å². The maximum absolute atomic E-state index is 12.5. The number of phenolic OH excluding ortho intramolecular Hbond substituents is 1. The lowest BCUT2D eigenvalue weighted by molar-refractivity contribution is -0.343. The van der Waals surface area contributed by atoms with Crippen LogP contribution in [0.25, 0.3) is 6.08 Å². The Morgan fingerprint density at radius 2 is 1.81 bits per heavy atom. The molecule has 12 heteroatoms. The predicted octanol–water partition coefficient (Wildman–Crippen LogP) is -0.269. The zero-order valence-electron chi connectivity index (χ0n) is 19.9. The largest absolute Gasteiger partial charge is 0.508 e. The van der Waals surface area contributed by atoms with E-state index in [0.29, 0.717) is 5.56 Å². The molecule has 1 saturated heterocycles.